The van der Waals surface area contributed by atoms with Crippen molar-refractivity contribution < 1.29 is 13.2 Å². The van der Waals surface area contributed by atoms with Gasteiger partial charge in [0.2, 0.25) is 10.0 Å². The van der Waals surface area contributed by atoms with Crippen LogP contribution in [0.3, 0.4) is 0 Å². The summed E-state index contributed by atoms with van der Waals surface area (Å²) in [6, 6.07) is 5.15. The van der Waals surface area contributed by atoms with Gasteiger partial charge in [-0.2, -0.15) is 5.10 Å². The summed E-state index contributed by atoms with van der Waals surface area (Å²) in [6.07, 6.45) is 6.09. The molecule has 30 heavy (non-hydrogen) atoms. The lowest BCUT2D eigenvalue weighted by molar-refractivity contribution is 0.0685. The second-order valence-corrected chi connectivity index (χ2v) is 10.9. The van der Waals surface area contributed by atoms with E-state index in [0.29, 0.717) is 47.2 Å². The third-order valence-electron chi connectivity index (χ3n) is 5.93. The molecule has 2 fully saturated rings. The highest BCUT2D eigenvalue weighted by Crippen LogP contribution is 2.43. The van der Waals surface area contributed by atoms with Crippen LogP contribution in [0.2, 0.25) is 10.0 Å². The van der Waals surface area contributed by atoms with E-state index in [2.05, 4.69) is 5.10 Å². The minimum atomic E-state index is -3.24. The molecule has 1 saturated heterocycles. The fraction of sp³-hybridized carbons (Fsp3) is 0.500. The number of aromatic nitrogens is 2. The minimum absolute atomic E-state index is 0.0614. The number of carbonyl (C=O) groups excluding carboxylic acids is 1. The first-order valence-electron chi connectivity index (χ1n) is 9.92. The van der Waals surface area contributed by atoms with E-state index in [1.807, 2.05) is 6.07 Å². The van der Waals surface area contributed by atoms with E-state index < -0.39 is 10.0 Å². The number of hydrogen-bond acceptors (Lipinski definition) is 4. The summed E-state index contributed by atoms with van der Waals surface area (Å²) in [6.45, 7) is 1.03. The van der Waals surface area contributed by atoms with Gasteiger partial charge in [-0.05, 0) is 43.9 Å². The molecule has 1 aliphatic heterocycles. The zero-order valence-electron chi connectivity index (χ0n) is 16.9. The molecule has 1 amide bonds. The number of sulfonamides is 1. The van der Waals surface area contributed by atoms with Crippen LogP contribution in [-0.4, -0.2) is 65.7 Å². The highest BCUT2D eigenvalue weighted by molar-refractivity contribution is 7.88. The van der Waals surface area contributed by atoms with Crippen molar-refractivity contribution in [3.05, 3.63) is 45.7 Å². The largest absolute Gasteiger partial charge is 0.338 e. The third kappa shape index (κ3) is 4.23. The van der Waals surface area contributed by atoms with Crippen molar-refractivity contribution in [3.63, 3.8) is 0 Å². The molecule has 0 spiro atoms. The zero-order chi connectivity index (χ0) is 21.6. The van der Waals surface area contributed by atoms with Crippen molar-refractivity contribution in [2.75, 3.05) is 26.4 Å². The Bertz CT molecular complexity index is 1070. The number of nitrogens with zero attached hydrogens (tertiary/aromatic N) is 4. The number of halogens is 2. The summed E-state index contributed by atoms with van der Waals surface area (Å²) in [5.74, 6) is 0.223. The van der Waals surface area contributed by atoms with E-state index >= 15 is 0 Å². The average molecular weight is 471 g/mol. The van der Waals surface area contributed by atoms with Crippen molar-refractivity contribution in [2.45, 2.75) is 37.6 Å². The molecule has 1 aromatic carbocycles. The number of likely N-dealkylation sites (tertiary alicyclic amines) is 1. The first-order valence-corrected chi connectivity index (χ1v) is 12.5. The van der Waals surface area contributed by atoms with Gasteiger partial charge in [-0.3, -0.25) is 4.79 Å². The molecule has 0 unspecified atom stereocenters. The van der Waals surface area contributed by atoms with E-state index in [1.165, 1.54) is 10.6 Å². The average Bonchev–Trinajstić information content (AvgIpc) is 3.45. The van der Waals surface area contributed by atoms with Gasteiger partial charge in [0.15, 0.2) is 0 Å². The lowest BCUT2D eigenvalue weighted by atomic mass is 10.0. The van der Waals surface area contributed by atoms with Crippen LogP contribution in [0.25, 0.3) is 5.69 Å². The summed E-state index contributed by atoms with van der Waals surface area (Å²) >= 11 is 12.4. The van der Waals surface area contributed by atoms with Crippen LogP contribution in [0.5, 0.6) is 0 Å². The maximum atomic E-state index is 13.3. The van der Waals surface area contributed by atoms with E-state index in [0.717, 1.165) is 18.5 Å². The van der Waals surface area contributed by atoms with Gasteiger partial charge in [0, 0.05) is 37.1 Å². The van der Waals surface area contributed by atoms with Crippen LogP contribution in [0.1, 0.15) is 47.7 Å². The maximum absolute atomic E-state index is 13.3. The van der Waals surface area contributed by atoms with Crippen LogP contribution in [-0.2, 0) is 10.0 Å². The molecule has 2 aromatic rings. The number of piperidine rings is 1. The van der Waals surface area contributed by atoms with E-state index in [4.69, 9.17) is 23.2 Å². The molecule has 2 aliphatic rings. The fourth-order valence-corrected chi connectivity index (χ4v) is 5.23. The molecule has 1 aromatic heterocycles. The van der Waals surface area contributed by atoms with Gasteiger partial charge < -0.3 is 4.90 Å². The monoisotopic (exact) mass is 470 g/mol. The highest BCUT2D eigenvalue weighted by Gasteiger charge is 2.36. The Labute approximate surface area is 186 Å². The quantitative estimate of drug-likeness (QED) is 0.669. The summed E-state index contributed by atoms with van der Waals surface area (Å²) in [7, 11) is -1.64. The van der Waals surface area contributed by atoms with E-state index in [-0.39, 0.29) is 17.9 Å². The van der Waals surface area contributed by atoms with Gasteiger partial charge in [0.05, 0.1) is 34.4 Å². The molecule has 0 radical (unpaired) electrons. The van der Waals surface area contributed by atoms with E-state index in [9.17, 15) is 13.2 Å². The molecule has 10 heteroatoms. The number of rotatable bonds is 5. The number of benzene rings is 1. The summed E-state index contributed by atoms with van der Waals surface area (Å²) in [5, 5.41) is 5.51. The molecular weight excluding hydrogens is 447 g/mol. The third-order valence-corrected chi connectivity index (χ3v) is 7.81. The van der Waals surface area contributed by atoms with Crippen molar-refractivity contribution in [1.29, 1.82) is 0 Å². The Hall–Kier alpha value is -1.61. The topological polar surface area (TPSA) is 75.5 Å². The van der Waals surface area contributed by atoms with Crippen LogP contribution in [0.15, 0.2) is 24.4 Å². The van der Waals surface area contributed by atoms with Crippen molar-refractivity contribution >= 4 is 39.1 Å². The van der Waals surface area contributed by atoms with Crippen LogP contribution in [0.4, 0.5) is 0 Å². The molecular formula is C20H24Cl2N4O3S. The van der Waals surface area contributed by atoms with Crippen molar-refractivity contribution in [2.24, 2.45) is 0 Å². The Kier molecular flexibility index (Phi) is 5.87. The molecule has 2 heterocycles. The Morgan fingerprint density at radius 3 is 2.40 bits per heavy atom. The summed E-state index contributed by atoms with van der Waals surface area (Å²) in [5.41, 5.74) is 2.19. The molecule has 0 N–H and O–H groups in total. The minimum Gasteiger partial charge on any atom is -0.338 e. The molecule has 1 aliphatic carbocycles. The lowest BCUT2D eigenvalue weighted by Gasteiger charge is -2.35. The van der Waals surface area contributed by atoms with E-state index in [1.54, 1.807) is 35.0 Å². The lowest BCUT2D eigenvalue weighted by Crippen LogP contribution is -2.47. The standard InChI is InChI=1S/C20H24Cl2N4O3S/c1-24(30(2,28)29)15-7-9-25(10-8-15)20(27)16-12-23-26(19(16)13-3-4-13)18-6-5-14(21)11-17(18)22/h5-6,11-13,15H,3-4,7-10H2,1-2H3. The molecule has 7 nitrogen and oxygen atoms in total. The first kappa shape index (κ1) is 21.6. The van der Waals surface area contributed by atoms with Crippen molar-refractivity contribution in [3.8, 4) is 5.69 Å². The van der Waals surface area contributed by atoms with Gasteiger partial charge in [-0.15, -0.1) is 0 Å². The second-order valence-electron chi connectivity index (χ2n) is 8.03. The zero-order valence-corrected chi connectivity index (χ0v) is 19.2. The van der Waals surface area contributed by atoms with Gasteiger partial charge in [0.25, 0.3) is 5.91 Å². The molecule has 0 atom stereocenters. The Balaban J connectivity index is 1.57. The van der Waals surface area contributed by atoms with Crippen LogP contribution >= 0.6 is 23.2 Å². The Morgan fingerprint density at radius 2 is 1.83 bits per heavy atom. The normalized spacial score (nSPS) is 18.2. The highest BCUT2D eigenvalue weighted by atomic mass is 35.5. The van der Waals surface area contributed by atoms with Crippen LogP contribution < -0.4 is 0 Å². The van der Waals surface area contributed by atoms with Gasteiger partial charge in [0.1, 0.15) is 0 Å². The van der Waals surface area contributed by atoms with Gasteiger partial charge in [-0.1, -0.05) is 23.2 Å². The number of hydrogen-bond donors (Lipinski definition) is 0. The summed E-state index contributed by atoms with van der Waals surface area (Å²) < 4.78 is 26.8. The molecule has 0 bridgehead atoms. The molecule has 1 saturated carbocycles. The number of amides is 1. The predicted octanol–water partition coefficient (Wildman–Crippen LogP) is 3.55. The van der Waals surface area contributed by atoms with Gasteiger partial charge >= 0.3 is 0 Å². The smallest absolute Gasteiger partial charge is 0.257 e. The van der Waals surface area contributed by atoms with Crippen molar-refractivity contribution in [1.82, 2.24) is 19.0 Å². The summed E-state index contributed by atoms with van der Waals surface area (Å²) in [4.78, 5) is 15.1. The van der Waals surface area contributed by atoms with Crippen LogP contribution in [0, 0.1) is 0 Å². The number of carbonyl (C=O) groups is 1. The fourth-order valence-electron chi connectivity index (χ4n) is 3.99. The predicted molar refractivity (Wildman–Crippen MR) is 117 cm³/mol. The molecule has 162 valence electrons. The molecule has 4 rings (SSSR count). The maximum Gasteiger partial charge on any atom is 0.257 e. The second kappa shape index (κ2) is 8.15. The van der Waals surface area contributed by atoms with Gasteiger partial charge in [-0.25, -0.2) is 17.4 Å². The Morgan fingerprint density at radius 1 is 1.17 bits per heavy atom. The first-order chi connectivity index (χ1) is 14.2. The SMILES string of the molecule is CN(C1CCN(C(=O)c2cnn(-c3ccc(Cl)cc3Cl)c2C2CC2)CC1)S(C)(=O)=O.